The van der Waals surface area contributed by atoms with Crippen molar-refractivity contribution in [1.29, 1.82) is 0 Å². The van der Waals surface area contributed by atoms with Crippen molar-refractivity contribution in [3.05, 3.63) is 53.1 Å². The molecule has 10 heteroatoms. The molecule has 1 aliphatic carbocycles. The fourth-order valence-electron chi connectivity index (χ4n) is 4.79. The Morgan fingerprint density at radius 1 is 1.18 bits per heavy atom. The molecule has 1 aromatic carbocycles. The van der Waals surface area contributed by atoms with E-state index in [0.717, 1.165) is 25.7 Å². The lowest BCUT2D eigenvalue weighted by Crippen LogP contribution is -2.54. The van der Waals surface area contributed by atoms with Gasteiger partial charge in [0, 0.05) is 42.4 Å². The second-order valence-corrected chi connectivity index (χ2v) is 11.3. The molecule has 5 rings (SSSR count). The van der Waals surface area contributed by atoms with Crippen molar-refractivity contribution in [3.8, 4) is 22.8 Å². The first-order valence-corrected chi connectivity index (χ1v) is 12.5. The molecule has 1 fully saturated rings. The van der Waals surface area contributed by atoms with Crippen LogP contribution in [0.5, 0.6) is 0 Å². The zero-order chi connectivity index (χ0) is 23.2. The minimum absolute atomic E-state index is 0.166. The first-order valence-electron chi connectivity index (χ1n) is 10.8. The molecule has 2 aliphatic rings. The lowest BCUT2D eigenvalue weighted by Gasteiger charge is -2.42. The number of nitrogens with two attached hydrogens (primary N) is 1. The maximum Gasteiger partial charge on any atom is 0.181 e. The molecule has 2 atom stereocenters. The molecule has 7 nitrogen and oxygen atoms in total. The van der Waals surface area contributed by atoms with Crippen molar-refractivity contribution in [1.82, 2.24) is 15.1 Å². The van der Waals surface area contributed by atoms with Crippen LogP contribution in [0.25, 0.3) is 22.8 Å². The van der Waals surface area contributed by atoms with E-state index in [0.29, 0.717) is 45.0 Å². The van der Waals surface area contributed by atoms with E-state index in [9.17, 15) is 0 Å². The van der Waals surface area contributed by atoms with Crippen molar-refractivity contribution in [2.75, 3.05) is 12.8 Å². The summed E-state index contributed by atoms with van der Waals surface area (Å²) in [6, 6.07) is 6.58. The number of halogens is 2. The zero-order valence-electron chi connectivity index (χ0n) is 18.4. The van der Waals surface area contributed by atoms with Gasteiger partial charge >= 0.3 is 0 Å². The van der Waals surface area contributed by atoms with E-state index >= 15 is 4.39 Å². The molecule has 172 valence electrons. The number of hydrogen-bond donors (Lipinski definition) is 1. The number of aliphatic imine (C=N–C) groups is 1. The quantitative estimate of drug-likeness (QED) is 0.565. The molecule has 0 bridgehead atoms. The van der Waals surface area contributed by atoms with Gasteiger partial charge in [-0.1, -0.05) is 40.3 Å². The first-order chi connectivity index (χ1) is 15.8. The molecule has 0 amide bonds. The highest BCUT2D eigenvalue weighted by Gasteiger charge is 2.49. The van der Waals surface area contributed by atoms with Gasteiger partial charge in [0.1, 0.15) is 11.7 Å². The predicted molar refractivity (Wildman–Crippen MR) is 129 cm³/mol. The van der Waals surface area contributed by atoms with Crippen molar-refractivity contribution in [2.45, 2.75) is 42.9 Å². The second kappa shape index (κ2) is 8.29. The molecule has 1 spiro atoms. The largest absolute Gasteiger partial charge is 0.386 e. The van der Waals surface area contributed by atoms with Crippen LogP contribution in [0.15, 0.2) is 50.5 Å². The van der Waals surface area contributed by atoms with Crippen LogP contribution in [-0.4, -0.2) is 38.5 Å². The maximum absolute atomic E-state index is 15.1. The Morgan fingerprint density at radius 3 is 2.61 bits per heavy atom. The number of nitrogens with zero attached hydrogens (tertiary/aromatic N) is 5. The van der Waals surface area contributed by atoms with Crippen LogP contribution in [0, 0.1) is 5.82 Å². The average molecular weight is 487 g/mol. The summed E-state index contributed by atoms with van der Waals surface area (Å²) in [7, 11) is 1.51. The van der Waals surface area contributed by atoms with Gasteiger partial charge in [0.15, 0.2) is 17.3 Å². The molecular formula is C23H24ClFN6OS. The molecule has 0 saturated heterocycles. The van der Waals surface area contributed by atoms with Crippen LogP contribution in [0.2, 0.25) is 5.02 Å². The van der Waals surface area contributed by atoms with Gasteiger partial charge < -0.3 is 10.3 Å². The molecule has 2 aromatic heterocycles. The van der Waals surface area contributed by atoms with E-state index in [1.54, 1.807) is 18.2 Å². The standard InChI is InChI=1S/C23H24ClFN6OS/c1-22(13-33(27-2)23(21(26)30-22)7-3-4-8-23)16-9-14(5-6-17(16)25)19-10-18(31-32-19)20-28-11-15(24)12-29-20/h5-6,9-12H,3-4,7-8,13H2,1-2H3,(H2,26,30)/t22-,33+/m0/s1. The second-order valence-electron chi connectivity index (χ2n) is 8.66. The summed E-state index contributed by atoms with van der Waals surface area (Å²) in [5, 5.41) is 4.50. The van der Waals surface area contributed by atoms with E-state index in [-0.39, 0.29) is 21.3 Å². The number of amidine groups is 1. The molecule has 0 radical (unpaired) electrons. The van der Waals surface area contributed by atoms with E-state index in [1.165, 1.54) is 18.5 Å². The van der Waals surface area contributed by atoms with Crippen LogP contribution in [0.1, 0.15) is 38.2 Å². The highest BCUT2D eigenvalue weighted by atomic mass is 35.5. The third-order valence-electron chi connectivity index (χ3n) is 6.53. The van der Waals surface area contributed by atoms with Gasteiger partial charge in [-0.3, -0.25) is 9.36 Å². The summed E-state index contributed by atoms with van der Waals surface area (Å²) in [5.74, 6) is 1.77. The number of aromatic nitrogens is 3. The van der Waals surface area contributed by atoms with Gasteiger partial charge in [0.2, 0.25) is 0 Å². The van der Waals surface area contributed by atoms with Crippen molar-refractivity contribution < 1.29 is 8.91 Å². The van der Waals surface area contributed by atoms with Crippen LogP contribution in [0.4, 0.5) is 4.39 Å². The third kappa shape index (κ3) is 3.77. The summed E-state index contributed by atoms with van der Waals surface area (Å²) < 4.78 is 25.2. The van der Waals surface area contributed by atoms with E-state index < -0.39 is 5.54 Å². The molecule has 1 saturated carbocycles. The highest BCUT2D eigenvalue weighted by molar-refractivity contribution is 7.89. The normalized spacial score (nSPS) is 24.4. The Morgan fingerprint density at radius 2 is 1.91 bits per heavy atom. The third-order valence-corrected chi connectivity index (χ3v) is 9.52. The average Bonchev–Trinajstić information content (AvgIpc) is 3.49. The van der Waals surface area contributed by atoms with E-state index in [4.69, 9.17) is 31.2 Å². The Hall–Kier alpha value is -2.65. The predicted octanol–water partition coefficient (Wildman–Crippen LogP) is 4.92. The molecule has 3 heterocycles. The lowest BCUT2D eigenvalue weighted by atomic mass is 9.91. The van der Waals surface area contributed by atoms with Gasteiger partial charge in [0.05, 0.1) is 15.3 Å². The number of rotatable bonds is 3. The minimum atomic E-state index is -0.817. The summed E-state index contributed by atoms with van der Waals surface area (Å²) in [4.78, 5) is 13.2. The van der Waals surface area contributed by atoms with E-state index in [2.05, 4.69) is 15.1 Å². The Kier molecular flexibility index (Phi) is 5.56. The van der Waals surface area contributed by atoms with E-state index in [1.807, 2.05) is 14.0 Å². The van der Waals surface area contributed by atoms with Gasteiger partial charge in [-0.05, 0) is 38.0 Å². The van der Waals surface area contributed by atoms with Gasteiger partial charge in [-0.2, -0.15) is 0 Å². The topological polar surface area (TPSA) is 103 Å². The fourth-order valence-corrected chi connectivity index (χ4v) is 7.44. The monoisotopic (exact) mass is 486 g/mol. The molecule has 2 N–H and O–H groups in total. The molecule has 33 heavy (non-hydrogen) atoms. The van der Waals surface area contributed by atoms with Gasteiger partial charge in [-0.15, -0.1) is 0 Å². The van der Waals surface area contributed by atoms with Crippen LogP contribution in [-0.2, 0) is 16.2 Å². The molecular weight excluding hydrogens is 463 g/mol. The maximum atomic E-state index is 15.1. The van der Waals surface area contributed by atoms with Crippen LogP contribution < -0.4 is 5.73 Å². The minimum Gasteiger partial charge on any atom is -0.386 e. The molecule has 0 unspecified atom stereocenters. The zero-order valence-corrected chi connectivity index (χ0v) is 20.0. The number of hydrogen-bond acceptors (Lipinski definition) is 7. The van der Waals surface area contributed by atoms with Crippen LogP contribution in [0.3, 0.4) is 0 Å². The smallest absolute Gasteiger partial charge is 0.181 e. The van der Waals surface area contributed by atoms with Crippen molar-refractivity contribution >= 4 is 28.1 Å². The summed E-state index contributed by atoms with van der Waals surface area (Å²) in [6.45, 7) is 1.93. The lowest BCUT2D eigenvalue weighted by molar-refractivity contribution is 0.434. The summed E-state index contributed by atoms with van der Waals surface area (Å²) in [6.07, 6.45) is 7.23. The SMILES string of the molecule is CN=[S@@]1C[C@@](C)(c2cc(-c3cc(-c4ncc(Cl)cn4)no3)ccc2F)N=C(N)C12CCCC2. The summed E-state index contributed by atoms with van der Waals surface area (Å²) in [5.41, 5.74) is 7.36. The van der Waals surface area contributed by atoms with Crippen LogP contribution >= 0.6 is 11.6 Å². The van der Waals surface area contributed by atoms with Crippen molar-refractivity contribution in [3.63, 3.8) is 0 Å². The Labute approximate surface area is 198 Å². The van der Waals surface area contributed by atoms with Gasteiger partial charge in [0.25, 0.3) is 0 Å². The molecule has 1 aliphatic heterocycles. The fraction of sp³-hybridized carbons (Fsp3) is 0.391. The Balaban J connectivity index is 1.53. The van der Waals surface area contributed by atoms with Crippen molar-refractivity contribution in [2.24, 2.45) is 15.1 Å². The highest BCUT2D eigenvalue weighted by Crippen LogP contribution is 2.45. The first kappa shape index (κ1) is 22.2. The number of benzene rings is 1. The Bertz CT molecular complexity index is 1270. The molecule has 3 aromatic rings. The van der Waals surface area contributed by atoms with Gasteiger partial charge in [-0.25, -0.2) is 14.4 Å². The summed E-state index contributed by atoms with van der Waals surface area (Å²) >= 11 is 5.86.